The Morgan fingerprint density at radius 2 is 1.67 bits per heavy atom. The molecule has 1 atom stereocenters. The van der Waals surface area contributed by atoms with E-state index in [4.69, 9.17) is 4.74 Å². The predicted molar refractivity (Wildman–Crippen MR) is 69.1 cm³/mol. The number of fused-ring (bicyclic) bond motifs is 3. The summed E-state index contributed by atoms with van der Waals surface area (Å²) < 4.78 is 5.22. The van der Waals surface area contributed by atoms with Crippen LogP contribution in [-0.2, 0) is 26.5 Å². The molecular weight excluding hydrogens is 362 g/mol. The van der Waals surface area contributed by atoms with E-state index in [0.29, 0.717) is 5.92 Å². The quantitative estimate of drug-likeness (QED) is 0.384. The molecule has 0 saturated heterocycles. The zero-order chi connectivity index (χ0) is 11.7. The predicted octanol–water partition coefficient (Wildman–Crippen LogP) is -5.35. The minimum atomic E-state index is 0. The number of ether oxygens (including phenoxy) is 1. The van der Waals surface area contributed by atoms with Crippen molar-refractivity contribution >= 4 is 0 Å². The number of hydrogen-bond donors (Lipinski definition) is 0. The van der Waals surface area contributed by atoms with Crippen molar-refractivity contribution in [3.8, 4) is 11.1 Å². The Hall–Kier alpha value is -0.0157. The average molecular weight is 378 g/mol. The van der Waals surface area contributed by atoms with Crippen LogP contribution >= 0.6 is 0 Å². The van der Waals surface area contributed by atoms with E-state index in [1.54, 1.807) is 7.11 Å². The van der Waals surface area contributed by atoms with E-state index in [2.05, 4.69) is 42.5 Å². The largest absolute Gasteiger partial charge is 4.00 e. The van der Waals surface area contributed by atoms with Crippen LogP contribution in [0.25, 0.3) is 11.1 Å². The van der Waals surface area contributed by atoms with Crippen molar-refractivity contribution in [1.82, 2.24) is 0 Å². The molecule has 0 fully saturated rings. The maximum absolute atomic E-state index is 5.22. The number of methoxy groups -OCH3 is 1. The molecule has 0 radical (unpaired) electrons. The molecule has 2 aromatic rings. The molecule has 0 bridgehead atoms. The maximum Gasteiger partial charge on any atom is 4.00 e. The molecule has 0 aromatic heterocycles. The molecule has 0 aliphatic heterocycles. The molecule has 1 nitrogen and oxygen atoms in total. The molecule has 0 heterocycles. The SMILES string of the molecule is COCCC1c2[c-]cccc2-c2ccccc21.[Cl-].[Cl-].[Cl-].[Ti+4]. The van der Waals surface area contributed by atoms with Gasteiger partial charge in [0.25, 0.3) is 0 Å². The summed E-state index contributed by atoms with van der Waals surface area (Å²) >= 11 is 0. The van der Waals surface area contributed by atoms with Gasteiger partial charge in [-0.1, -0.05) is 29.8 Å². The summed E-state index contributed by atoms with van der Waals surface area (Å²) in [6.07, 6.45) is 1.03. The van der Waals surface area contributed by atoms with Crippen LogP contribution < -0.4 is 37.2 Å². The standard InChI is InChI=1S/C16H15O.3ClH.Ti/c1-17-11-10-16-14-8-4-2-6-12(14)13-7-3-5-9-15(13)16;;;;/h2-8,16H,10-11H2,1H3;3*1H;/q-1;;;;+4/p-3. The topological polar surface area (TPSA) is 9.23 Å². The molecule has 21 heavy (non-hydrogen) atoms. The van der Waals surface area contributed by atoms with Crippen molar-refractivity contribution in [1.29, 1.82) is 0 Å². The molecule has 3 rings (SSSR count). The average Bonchev–Trinajstić information content (AvgIpc) is 2.71. The van der Waals surface area contributed by atoms with Gasteiger partial charge in [0, 0.05) is 13.7 Å². The smallest absolute Gasteiger partial charge is 1.00 e. The zero-order valence-electron chi connectivity index (χ0n) is 11.6. The van der Waals surface area contributed by atoms with Crippen LogP contribution in [0, 0.1) is 6.07 Å². The van der Waals surface area contributed by atoms with Gasteiger partial charge in [-0.2, -0.15) is 24.3 Å². The summed E-state index contributed by atoms with van der Waals surface area (Å²) in [5.41, 5.74) is 5.44. The Balaban J connectivity index is 0. The minimum Gasteiger partial charge on any atom is -1.00 e. The Kier molecular flexibility index (Phi) is 11.8. The molecule has 0 amide bonds. The molecule has 110 valence electrons. The van der Waals surface area contributed by atoms with Crippen molar-refractivity contribution in [2.24, 2.45) is 0 Å². The Morgan fingerprint density at radius 3 is 2.38 bits per heavy atom. The summed E-state index contributed by atoms with van der Waals surface area (Å²) in [4.78, 5) is 0. The molecule has 1 aliphatic carbocycles. The second-order valence-electron chi connectivity index (χ2n) is 4.42. The minimum absolute atomic E-state index is 0. The van der Waals surface area contributed by atoms with Crippen molar-refractivity contribution in [2.75, 3.05) is 13.7 Å². The summed E-state index contributed by atoms with van der Waals surface area (Å²) in [5.74, 6) is 0.447. The third-order valence-corrected chi connectivity index (χ3v) is 3.47. The van der Waals surface area contributed by atoms with Gasteiger partial charge in [-0.3, -0.25) is 0 Å². The van der Waals surface area contributed by atoms with Crippen molar-refractivity contribution < 1.29 is 63.7 Å². The summed E-state index contributed by atoms with van der Waals surface area (Å²) in [5, 5.41) is 0. The first-order valence-electron chi connectivity index (χ1n) is 6.00. The third kappa shape index (κ3) is 4.48. The van der Waals surface area contributed by atoms with Gasteiger partial charge in [0.05, 0.1) is 0 Å². The summed E-state index contributed by atoms with van der Waals surface area (Å²) in [7, 11) is 1.76. The number of hydrogen-bond acceptors (Lipinski definition) is 1. The van der Waals surface area contributed by atoms with Crippen molar-refractivity contribution in [3.05, 3.63) is 59.7 Å². The fraction of sp³-hybridized carbons (Fsp3) is 0.250. The Bertz CT molecular complexity index is 503. The van der Waals surface area contributed by atoms with E-state index in [1.165, 1.54) is 22.3 Å². The van der Waals surface area contributed by atoms with Crippen LogP contribution in [0.2, 0.25) is 0 Å². The molecule has 0 saturated carbocycles. The second kappa shape index (κ2) is 10.7. The monoisotopic (exact) mass is 376 g/mol. The first-order chi connectivity index (χ1) is 8.42. The van der Waals surface area contributed by atoms with E-state index in [9.17, 15) is 0 Å². The molecule has 1 aliphatic rings. The number of benzene rings is 2. The maximum atomic E-state index is 5.22. The zero-order valence-corrected chi connectivity index (χ0v) is 15.4. The van der Waals surface area contributed by atoms with E-state index in [-0.39, 0.29) is 58.9 Å². The van der Waals surface area contributed by atoms with E-state index in [0.717, 1.165) is 13.0 Å². The van der Waals surface area contributed by atoms with Gasteiger partial charge < -0.3 is 42.0 Å². The molecule has 0 spiro atoms. The van der Waals surface area contributed by atoms with Crippen LogP contribution in [0.3, 0.4) is 0 Å². The van der Waals surface area contributed by atoms with Crippen LogP contribution in [0.4, 0.5) is 0 Å². The molecule has 5 heteroatoms. The second-order valence-corrected chi connectivity index (χ2v) is 4.42. The molecule has 1 unspecified atom stereocenters. The van der Waals surface area contributed by atoms with E-state index >= 15 is 0 Å². The normalized spacial score (nSPS) is 13.5. The first kappa shape index (κ1) is 23.3. The van der Waals surface area contributed by atoms with Crippen molar-refractivity contribution in [2.45, 2.75) is 12.3 Å². The fourth-order valence-corrected chi connectivity index (χ4v) is 2.71. The number of halogens is 3. The molecule has 2 aromatic carbocycles. The first-order valence-corrected chi connectivity index (χ1v) is 6.00. The fourth-order valence-electron chi connectivity index (χ4n) is 2.71. The Morgan fingerprint density at radius 1 is 1.00 bits per heavy atom. The Labute approximate surface area is 160 Å². The van der Waals surface area contributed by atoms with Gasteiger partial charge in [0.15, 0.2) is 0 Å². The van der Waals surface area contributed by atoms with Gasteiger partial charge in [-0.15, -0.1) is 11.1 Å². The third-order valence-electron chi connectivity index (χ3n) is 3.47. The van der Waals surface area contributed by atoms with E-state index in [1.807, 2.05) is 6.07 Å². The van der Waals surface area contributed by atoms with Gasteiger partial charge in [0.2, 0.25) is 0 Å². The van der Waals surface area contributed by atoms with Gasteiger partial charge in [0.1, 0.15) is 0 Å². The summed E-state index contributed by atoms with van der Waals surface area (Å²) in [6, 6.07) is 18.3. The van der Waals surface area contributed by atoms with Gasteiger partial charge in [-0.25, -0.2) is 0 Å². The van der Waals surface area contributed by atoms with Crippen LogP contribution in [0.5, 0.6) is 0 Å². The number of rotatable bonds is 3. The van der Waals surface area contributed by atoms with E-state index < -0.39 is 0 Å². The van der Waals surface area contributed by atoms with Gasteiger partial charge in [-0.05, 0) is 17.9 Å². The van der Waals surface area contributed by atoms with Crippen LogP contribution in [-0.4, -0.2) is 13.7 Å². The van der Waals surface area contributed by atoms with Crippen molar-refractivity contribution in [3.63, 3.8) is 0 Å². The van der Waals surface area contributed by atoms with Crippen LogP contribution in [0.1, 0.15) is 23.5 Å². The molecular formula is C16H15Cl3OTi. The van der Waals surface area contributed by atoms with Crippen LogP contribution in [0.15, 0.2) is 42.5 Å². The van der Waals surface area contributed by atoms with Gasteiger partial charge >= 0.3 is 21.7 Å². The molecule has 0 N–H and O–H groups in total. The summed E-state index contributed by atoms with van der Waals surface area (Å²) in [6.45, 7) is 0.793.